The van der Waals surface area contributed by atoms with Crippen molar-refractivity contribution in [2.45, 2.75) is 40.2 Å². The van der Waals surface area contributed by atoms with E-state index in [9.17, 15) is 13.2 Å². The Morgan fingerprint density at radius 1 is 1.23 bits per heavy atom. The van der Waals surface area contributed by atoms with Crippen LogP contribution in [0, 0.1) is 5.41 Å². The second kappa shape index (κ2) is 9.36. The highest BCUT2D eigenvalue weighted by molar-refractivity contribution is 7.85. The summed E-state index contributed by atoms with van der Waals surface area (Å²) in [5, 5.41) is 0.809. The quantitative estimate of drug-likeness (QED) is 0.525. The standard InChI is InChI=1S/C21H32N2O6S/c1-15(2)29-20(24)21(3,4)14-28-30(25,26)23-13-16(10-11-22(5)6)18-9-8-17(27-7)12-19(18)23/h8-9,12-13,15H,10-11,14H2,1-7H3. The summed E-state index contributed by atoms with van der Waals surface area (Å²) in [6, 6.07) is 5.30. The maximum Gasteiger partial charge on any atom is 0.366 e. The number of benzene rings is 1. The van der Waals surface area contributed by atoms with Gasteiger partial charge >= 0.3 is 16.3 Å². The van der Waals surface area contributed by atoms with Crippen molar-refractivity contribution in [2.24, 2.45) is 5.41 Å². The highest BCUT2D eigenvalue weighted by Gasteiger charge is 2.33. The molecule has 1 aromatic heterocycles. The lowest BCUT2D eigenvalue weighted by Gasteiger charge is -2.23. The van der Waals surface area contributed by atoms with Gasteiger partial charge in [0.2, 0.25) is 0 Å². The van der Waals surface area contributed by atoms with E-state index in [0.717, 1.165) is 21.5 Å². The Labute approximate surface area is 179 Å². The molecule has 30 heavy (non-hydrogen) atoms. The minimum Gasteiger partial charge on any atom is -0.497 e. The summed E-state index contributed by atoms with van der Waals surface area (Å²) >= 11 is 0. The van der Waals surface area contributed by atoms with E-state index in [-0.39, 0.29) is 12.7 Å². The van der Waals surface area contributed by atoms with Crippen LogP contribution in [-0.2, 0) is 30.4 Å². The zero-order chi connectivity index (χ0) is 22.7. The number of esters is 1. The Kier molecular flexibility index (Phi) is 7.54. The first-order valence-electron chi connectivity index (χ1n) is 9.81. The second-order valence-electron chi connectivity index (χ2n) is 8.44. The van der Waals surface area contributed by atoms with Crippen LogP contribution in [0.2, 0.25) is 0 Å². The number of aromatic nitrogens is 1. The van der Waals surface area contributed by atoms with E-state index in [4.69, 9.17) is 13.7 Å². The molecule has 2 aromatic rings. The van der Waals surface area contributed by atoms with E-state index in [1.807, 2.05) is 25.1 Å². The molecule has 0 bridgehead atoms. The average Bonchev–Trinajstić information content (AvgIpc) is 3.03. The van der Waals surface area contributed by atoms with Gasteiger partial charge in [-0.15, -0.1) is 0 Å². The van der Waals surface area contributed by atoms with Crippen LogP contribution in [0.3, 0.4) is 0 Å². The van der Waals surface area contributed by atoms with Crippen LogP contribution in [0.1, 0.15) is 33.3 Å². The predicted molar refractivity (Wildman–Crippen MR) is 116 cm³/mol. The van der Waals surface area contributed by atoms with Crippen molar-refractivity contribution in [3.8, 4) is 5.75 Å². The average molecular weight is 441 g/mol. The van der Waals surface area contributed by atoms with Crippen LogP contribution in [0.15, 0.2) is 24.4 Å². The minimum atomic E-state index is -4.19. The van der Waals surface area contributed by atoms with E-state index in [1.165, 1.54) is 7.11 Å². The smallest absolute Gasteiger partial charge is 0.366 e. The number of nitrogens with zero attached hydrogens (tertiary/aromatic N) is 2. The molecule has 0 saturated carbocycles. The van der Waals surface area contributed by atoms with E-state index in [1.54, 1.807) is 46.0 Å². The largest absolute Gasteiger partial charge is 0.497 e. The number of fused-ring (bicyclic) bond motifs is 1. The summed E-state index contributed by atoms with van der Waals surface area (Å²) in [4.78, 5) is 14.3. The topological polar surface area (TPSA) is 87.1 Å². The van der Waals surface area contributed by atoms with Gasteiger partial charge in [0.25, 0.3) is 0 Å². The Bertz CT molecular complexity index is 992. The van der Waals surface area contributed by atoms with Crippen LogP contribution in [-0.4, -0.2) is 63.7 Å². The maximum absolute atomic E-state index is 13.0. The lowest BCUT2D eigenvalue weighted by Crippen LogP contribution is -2.34. The zero-order valence-electron chi connectivity index (χ0n) is 18.8. The van der Waals surface area contributed by atoms with Gasteiger partial charge in [0.15, 0.2) is 0 Å². The minimum absolute atomic E-state index is 0.298. The van der Waals surface area contributed by atoms with Crippen LogP contribution < -0.4 is 4.74 Å². The molecule has 0 aliphatic carbocycles. The van der Waals surface area contributed by atoms with Gasteiger partial charge in [-0.1, -0.05) is 0 Å². The molecular formula is C21H32N2O6S. The second-order valence-corrected chi connectivity index (χ2v) is 9.93. The number of likely N-dealkylation sites (N-methyl/N-ethyl adjacent to an activating group) is 1. The summed E-state index contributed by atoms with van der Waals surface area (Å²) in [5.41, 5.74) is 0.226. The van der Waals surface area contributed by atoms with Gasteiger partial charge in [-0.05, 0) is 65.9 Å². The van der Waals surface area contributed by atoms with Crippen molar-refractivity contribution in [1.82, 2.24) is 8.87 Å². The highest BCUT2D eigenvalue weighted by atomic mass is 32.2. The third-order valence-corrected chi connectivity index (χ3v) is 5.79. The molecule has 2 rings (SSSR count). The number of carbonyl (C=O) groups excluding carboxylic acids is 1. The molecule has 0 fully saturated rings. The summed E-state index contributed by atoms with van der Waals surface area (Å²) in [6.07, 6.45) is 1.95. The molecule has 1 aromatic carbocycles. The normalized spacial score (nSPS) is 12.7. The number of rotatable bonds is 10. The van der Waals surface area contributed by atoms with Crippen LogP contribution in [0.5, 0.6) is 5.75 Å². The predicted octanol–water partition coefficient (Wildman–Crippen LogP) is 2.84. The van der Waals surface area contributed by atoms with E-state index in [2.05, 4.69) is 0 Å². The third-order valence-electron chi connectivity index (χ3n) is 4.59. The molecular weight excluding hydrogens is 408 g/mol. The van der Waals surface area contributed by atoms with Gasteiger partial charge in [0.1, 0.15) is 5.75 Å². The number of hydrogen-bond acceptors (Lipinski definition) is 7. The molecule has 0 amide bonds. The molecule has 0 aliphatic rings. The fourth-order valence-corrected chi connectivity index (χ4v) is 4.02. The fourth-order valence-electron chi connectivity index (χ4n) is 2.81. The molecule has 168 valence electrons. The SMILES string of the molecule is COc1ccc2c(CCN(C)C)cn(S(=O)(=O)OCC(C)(C)C(=O)OC(C)C)c2c1. The van der Waals surface area contributed by atoms with Crippen LogP contribution in [0.25, 0.3) is 10.9 Å². The van der Waals surface area contributed by atoms with Gasteiger partial charge in [-0.3, -0.25) is 8.98 Å². The number of carbonyl (C=O) groups is 1. The third kappa shape index (κ3) is 5.74. The lowest BCUT2D eigenvalue weighted by atomic mass is 9.95. The number of methoxy groups -OCH3 is 1. The summed E-state index contributed by atoms with van der Waals surface area (Å²) in [6.45, 7) is 7.08. The Hall–Kier alpha value is -2.10. The van der Waals surface area contributed by atoms with Crippen molar-refractivity contribution < 1.29 is 26.9 Å². The van der Waals surface area contributed by atoms with Gasteiger partial charge in [-0.25, -0.2) is 3.97 Å². The first-order chi connectivity index (χ1) is 13.9. The first-order valence-corrected chi connectivity index (χ1v) is 11.2. The number of hydrogen-bond donors (Lipinski definition) is 0. The van der Waals surface area contributed by atoms with Crippen molar-refractivity contribution in [3.05, 3.63) is 30.0 Å². The van der Waals surface area contributed by atoms with Crippen molar-refractivity contribution in [1.29, 1.82) is 0 Å². The fraction of sp³-hybridized carbons (Fsp3) is 0.571. The molecule has 0 saturated heterocycles. The molecule has 0 aliphatic heterocycles. The van der Waals surface area contributed by atoms with E-state index in [0.29, 0.717) is 17.7 Å². The van der Waals surface area contributed by atoms with Gasteiger partial charge in [0, 0.05) is 24.2 Å². The van der Waals surface area contributed by atoms with Crippen molar-refractivity contribution in [3.63, 3.8) is 0 Å². The molecule has 8 nitrogen and oxygen atoms in total. The van der Waals surface area contributed by atoms with Gasteiger partial charge < -0.3 is 14.4 Å². The van der Waals surface area contributed by atoms with E-state index < -0.39 is 21.7 Å². The summed E-state index contributed by atoms with van der Waals surface area (Å²) in [7, 11) is 1.26. The number of ether oxygens (including phenoxy) is 2. The maximum atomic E-state index is 13.0. The van der Waals surface area contributed by atoms with Crippen LogP contribution >= 0.6 is 0 Å². The van der Waals surface area contributed by atoms with Gasteiger partial charge in [-0.2, -0.15) is 8.42 Å². The first kappa shape index (κ1) is 24.2. The molecule has 0 N–H and O–H groups in total. The Morgan fingerprint density at radius 3 is 2.47 bits per heavy atom. The van der Waals surface area contributed by atoms with Crippen LogP contribution in [0.4, 0.5) is 0 Å². The molecule has 0 spiro atoms. The zero-order valence-corrected chi connectivity index (χ0v) is 19.6. The summed E-state index contributed by atoms with van der Waals surface area (Å²) in [5.74, 6) is 0.0236. The lowest BCUT2D eigenvalue weighted by molar-refractivity contribution is -0.159. The Morgan fingerprint density at radius 2 is 1.90 bits per heavy atom. The van der Waals surface area contributed by atoms with Gasteiger partial charge in [0.05, 0.1) is 30.8 Å². The summed E-state index contributed by atoms with van der Waals surface area (Å²) < 4.78 is 42.9. The van der Waals surface area contributed by atoms with Crippen molar-refractivity contribution >= 4 is 27.2 Å². The molecule has 1 heterocycles. The molecule has 0 unspecified atom stereocenters. The monoisotopic (exact) mass is 440 g/mol. The molecule has 0 radical (unpaired) electrons. The van der Waals surface area contributed by atoms with Crippen molar-refractivity contribution in [2.75, 3.05) is 34.4 Å². The molecule has 0 atom stereocenters. The van der Waals surface area contributed by atoms with E-state index >= 15 is 0 Å². The highest BCUT2D eigenvalue weighted by Crippen LogP contribution is 2.29. The Balaban J connectivity index is 2.37. The molecule has 9 heteroatoms.